The molecule has 0 saturated carbocycles. The van der Waals surface area contributed by atoms with Crippen LogP contribution in [0.1, 0.15) is 5.56 Å². The van der Waals surface area contributed by atoms with Gasteiger partial charge >= 0.3 is 0 Å². The molecule has 3 nitrogen and oxygen atoms in total. The van der Waals surface area contributed by atoms with Crippen LogP contribution in [0.15, 0.2) is 18.2 Å². The van der Waals surface area contributed by atoms with Crippen LogP contribution in [-0.4, -0.2) is 19.0 Å². The first-order chi connectivity index (χ1) is 6.36. The van der Waals surface area contributed by atoms with Crippen molar-refractivity contribution in [1.29, 1.82) is 0 Å². The van der Waals surface area contributed by atoms with E-state index in [9.17, 15) is 4.79 Å². The third kappa shape index (κ3) is 0.813. The van der Waals surface area contributed by atoms with Gasteiger partial charge in [0, 0.05) is 6.54 Å². The summed E-state index contributed by atoms with van der Waals surface area (Å²) in [6, 6.07) is 6.17. The van der Waals surface area contributed by atoms with Gasteiger partial charge in [-0.25, -0.2) is 0 Å². The van der Waals surface area contributed by atoms with Crippen LogP contribution in [-0.2, 0) is 11.2 Å². The molecule has 0 bridgehead atoms. The number of anilines is 2. The van der Waals surface area contributed by atoms with Crippen LogP contribution >= 0.6 is 0 Å². The van der Waals surface area contributed by atoms with E-state index in [1.807, 2.05) is 17.0 Å². The largest absolute Gasteiger partial charge is 0.374 e. The molecular formula is C10H10N2O. The van der Waals surface area contributed by atoms with E-state index in [-0.39, 0.29) is 5.91 Å². The maximum Gasteiger partial charge on any atom is 0.246 e. The van der Waals surface area contributed by atoms with Crippen LogP contribution < -0.4 is 10.2 Å². The summed E-state index contributed by atoms with van der Waals surface area (Å²) < 4.78 is 0. The number of amides is 1. The predicted molar refractivity (Wildman–Crippen MR) is 51.0 cm³/mol. The maximum atomic E-state index is 11.5. The molecule has 2 aliphatic rings. The predicted octanol–water partition coefficient (Wildman–Crippen LogP) is 1.00. The van der Waals surface area contributed by atoms with E-state index in [1.165, 1.54) is 5.56 Å². The Bertz CT molecular complexity index is 387. The van der Waals surface area contributed by atoms with Gasteiger partial charge in [0.2, 0.25) is 5.91 Å². The number of carbonyl (C=O) groups is 1. The fraction of sp³-hybridized carbons (Fsp3) is 0.300. The van der Waals surface area contributed by atoms with Gasteiger partial charge in [-0.1, -0.05) is 12.1 Å². The van der Waals surface area contributed by atoms with Crippen LogP contribution in [0.5, 0.6) is 0 Å². The molecule has 0 fully saturated rings. The van der Waals surface area contributed by atoms with E-state index in [2.05, 4.69) is 11.4 Å². The van der Waals surface area contributed by atoms with Gasteiger partial charge in [-0.3, -0.25) is 4.79 Å². The van der Waals surface area contributed by atoms with Crippen molar-refractivity contribution in [3.63, 3.8) is 0 Å². The van der Waals surface area contributed by atoms with Crippen LogP contribution in [0.4, 0.5) is 11.4 Å². The molecule has 3 rings (SSSR count). The monoisotopic (exact) mass is 174 g/mol. The number of hydrogen-bond acceptors (Lipinski definition) is 2. The topological polar surface area (TPSA) is 32.3 Å². The number of carbonyl (C=O) groups excluding carboxylic acids is 1. The fourth-order valence-corrected chi connectivity index (χ4v) is 2.11. The van der Waals surface area contributed by atoms with Crippen molar-refractivity contribution in [3.05, 3.63) is 23.8 Å². The Morgan fingerprint density at radius 3 is 3.23 bits per heavy atom. The van der Waals surface area contributed by atoms with E-state index in [0.717, 1.165) is 24.3 Å². The molecule has 1 aromatic rings. The first-order valence-corrected chi connectivity index (χ1v) is 4.52. The van der Waals surface area contributed by atoms with Crippen LogP contribution in [0, 0.1) is 0 Å². The summed E-state index contributed by atoms with van der Waals surface area (Å²) in [4.78, 5) is 13.4. The van der Waals surface area contributed by atoms with Crippen molar-refractivity contribution < 1.29 is 4.79 Å². The third-order valence-electron chi connectivity index (χ3n) is 2.73. The van der Waals surface area contributed by atoms with Crippen molar-refractivity contribution in [2.75, 3.05) is 23.3 Å². The first kappa shape index (κ1) is 6.95. The number of rotatable bonds is 0. The van der Waals surface area contributed by atoms with Gasteiger partial charge in [0.25, 0.3) is 0 Å². The Kier molecular flexibility index (Phi) is 1.20. The second kappa shape index (κ2) is 2.25. The summed E-state index contributed by atoms with van der Waals surface area (Å²) in [6.45, 7) is 1.29. The molecule has 0 saturated heterocycles. The van der Waals surface area contributed by atoms with Crippen LogP contribution in [0.2, 0.25) is 0 Å². The Morgan fingerprint density at radius 1 is 1.38 bits per heavy atom. The molecule has 66 valence electrons. The summed E-state index contributed by atoms with van der Waals surface area (Å²) >= 11 is 0. The molecule has 2 aliphatic heterocycles. The van der Waals surface area contributed by atoms with E-state index in [0.29, 0.717) is 6.54 Å². The molecule has 0 aliphatic carbocycles. The number of nitrogens with one attached hydrogen (secondary N) is 1. The van der Waals surface area contributed by atoms with Gasteiger partial charge in [0.15, 0.2) is 0 Å². The lowest BCUT2D eigenvalue weighted by atomic mass is 10.1. The molecule has 0 radical (unpaired) electrons. The van der Waals surface area contributed by atoms with E-state index < -0.39 is 0 Å². The molecular weight excluding hydrogens is 164 g/mol. The quantitative estimate of drug-likeness (QED) is 0.636. The maximum absolute atomic E-state index is 11.5. The molecule has 0 spiro atoms. The third-order valence-corrected chi connectivity index (χ3v) is 2.73. The zero-order valence-electron chi connectivity index (χ0n) is 7.21. The Balaban J connectivity index is 2.24. The SMILES string of the molecule is O=C1CNc2cccc3c2N1CC3. The summed E-state index contributed by atoms with van der Waals surface area (Å²) in [7, 11) is 0. The number of hydrogen-bond donors (Lipinski definition) is 1. The molecule has 1 amide bonds. The van der Waals surface area contributed by atoms with Crippen molar-refractivity contribution in [1.82, 2.24) is 0 Å². The zero-order chi connectivity index (χ0) is 8.84. The molecule has 2 heterocycles. The Morgan fingerprint density at radius 2 is 2.31 bits per heavy atom. The fourth-order valence-electron chi connectivity index (χ4n) is 2.11. The highest BCUT2D eigenvalue weighted by atomic mass is 16.2. The second-order valence-corrected chi connectivity index (χ2v) is 3.46. The van der Waals surface area contributed by atoms with E-state index >= 15 is 0 Å². The molecule has 1 aromatic carbocycles. The lowest BCUT2D eigenvalue weighted by Crippen LogP contribution is -2.38. The van der Waals surface area contributed by atoms with Gasteiger partial charge < -0.3 is 10.2 Å². The molecule has 3 heteroatoms. The summed E-state index contributed by atoms with van der Waals surface area (Å²) in [5, 5.41) is 3.13. The smallest absolute Gasteiger partial charge is 0.246 e. The molecule has 0 atom stereocenters. The molecule has 0 unspecified atom stereocenters. The average Bonchev–Trinajstić information content (AvgIpc) is 2.57. The minimum atomic E-state index is 0.192. The zero-order valence-corrected chi connectivity index (χ0v) is 7.21. The van der Waals surface area contributed by atoms with E-state index in [1.54, 1.807) is 0 Å². The lowest BCUT2D eigenvalue weighted by molar-refractivity contribution is -0.117. The normalized spacial score (nSPS) is 18.5. The standard InChI is InChI=1S/C10H10N2O/c13-9-6-11-8-3-1-2-7-4-5-12(9)10(7)8/h1-3,11H,4-6H2. The minimum absolute atomic E-state index is 0.192. The highest BCUT2D eigenvalue weighted by Gasteiger charge is 2.30. The summed E-state index contributed by atoms with van der Waals surface area (Å²) in [6.07, 6.45) is 0.997. The van der Waals surface area contributed by atoms with Gasteiger partial charge in [-0.15, -0.1) is 0 Å². The lowest BCUT2D eigenvalue weighted by Gasteiger charge is -2.26. The Hall–Kier alpha value is -1.51. The molecule has 0 aromatic heterocycles. The number of para-hydroxylation sites is 1. The highest BCUT2D eigenvalue weighted by molar-refractivity contribution is 6.04. The highest BCUT2D eigenvalue weighted by Crippen LogP contribution is 2.37. The number of nitrogens with zero attached hydrogens (tertiary/aromatic N) is 1. The van der Waals surface area contributed by atoms with Crippen molar-refractivity contribution >= 4 is 17.3 Å². The van der Waals surface area contributed by atoms with Crippen LogP contribution in [0.25, 0.3) is 0 Å². The summed E-state index contributed by atoms with van der Waals surface area (Å²) in [5.41, 5.74) is 3.51. The minimum Gasteiger partial charge on any atom is -0.374 e. The average molecular weight is 174 g/mol. The summed E-state index contributed by atoms with van der Waals surface area (Å²) in [5.74, 6) is 0.192. The van der Waals surface area contributed by atoms with Crippen molar-refractivity contribution in [2.24, 2.45) is 0 Å². The first-order valence-electron chi connectivity index (χ1n) is 4.52. The van der Waals surface area contributed by atoms with Gasteiger partial charge in [0.05, 0.1) is 17.9 Å². The van der Waals surface area contributed by atoms with Gasteiger partial charge in [-0.05, 0) is 18.1 Å². The molecule has 13 heavy (non-hydrogen) atoms. The number of benzene rings is 1. The van der Waals surface area contributed by atoms with Crippen molar-refractivity contribution in [3.8, 4) is 0 Å². The van der Waals surface area contributed by atoms with Gasteiger partial charge in [-0.2, -0.15) is 0 Å². The van der Waals surface area contributed by atoms with Gasteiger partial charge in [0.1, 0.15) is 0 Å². The van der Waals surface area contributed by atoms with E-state index in [4.69, 9.17) is 0 Å². The van der Waals surface area contributed by atoms with Crippen molar-refractivity contribution in [2.45, 2.75) is 6.42 Å². The van der Waals surface area contributed by atoms with Crippen LogP contribution in [0.3, 0.4) is 0 Å². The Labute approximate surface area is 76.4 Å². The second-order valence-electron chi connectivity index (χ2n) is 3.46. The molecule has 1 N–H and O–H groups in total.